The SMILES string of the molecule is CC(C)(C)S(=O)(=O)CCOC(=O)c1cc(N)cc(Br)c1. The zero-order valence-electron chi connectivity index (χ0n) is 11.6. The van der Waals surface area contributed by atoms with Gasteiger partial charge in [-0.15, -0.1) is 0 Å². The molecule has 0 aromatic heterocycles. The van der Waals surface area contributed by atoms with Crippen molar-refractivity contribution in [3.8, 4) is 0 Å². The second kappa shape index (κ2) is 6.13. The van der Waals surface area contributed by atoms with Crippen molar-refractivity contribution >= 4 is 37.4 Å². The Balaban J connectivity index is 2.65. The van der Waals surface area contributed by atoms with E-state index < -0.39 is 20.6 Å². The zero-order chi connectivity index (χ0) is 15.6. The van der Waals surface area contributed by atoms with Crippen LogP contribution in [-0.2, 0) is 14.6 Å². The third-order valence-electron chi connectivity index (χ3n) is 2.67. The van der Waals surface area contributed by atoms with Crippen molar-refractivity contribution in [2.24, 2.45) is 0 Å². The first-order chi connectivity index (χ1) is 9.03. The fourth-order valence-electron chi connectivity index (χ4n) is 1.36. The molecule has 1 aromatic carbocycles. The summed E-state index contributed by atoms with van der Waals surface area (Å²) in [5.74, 6) is -0.798. The maximum Gasteiger partial charge on any atom is 0.338 e. The predicted octanol–water partition coefficient (Wildman–Crippen LogP) is 2.40. The molecule has 0 saturated heterocycles. The third-order valence-corrected chi connectivity index (χ3v) is 5.70. The van der Waals surface area contributed by atoms with Crippen LogP contribution >= 0.6 is 15.9 Å². The number of hydrogen-bond acceptors (Lipinski definition) is 5. The Morgan fingerprint density at radius 1 is 1.30 bits per heavy atom. The minimum atomic E-state index is -3.30. The van der Waals surface area contributed by atoms with Gasteiger partial charge in [0, 0.05) is 10.2 Å². The quantitative estimate of drug-likeness (QED) is 0.655. The van der Waals surface area contributed by atoms with Crippen molar-refractivity contribution in [2.75, 3.05) is 18.1 Å². The Morgan fingerprint density at radius 3 is 2.40 bits per heavy atom. The minimum absolute atomic E-state index is 0.176. The van der Waals surface area contributed by atoms with E-state index in [0.29, 0.717) is 10.2 Å². The summed E-state index contributed by atoms with van der Waals surface area (Å²) in [5, 5.41) is 0. The Bertz CT molecular complexity index is 585. The molecule has 20 heavy (non-hydrogen) atoms. The summed E-state index contributed by atoms with van der Waals surface area (Å²) in [5.41, 5.74) is 6.33. The van der Waals surface area contributed by atoms with Gasteiger partial charge in [0.05, 0.1) is 16.1 Å². The maximum atomic E-state index is 11.9. The lowest BCUT2D eigenvalue weighted by molar-refractivity contribution is 0.0529. The standard InChI is InChI=1S/C13H18BrNO4S/c1-13(2,3)20(17,18)5-4-19-12(16)9-6-10(14)8-11(15)7-9/h6-8H,4-5,15H2,1-3H3. The second-order valence-corrected chi connectivity index (χ2v) is 9.12. The molecule has 2 N–H and O–H groups in total. The molecule has 0 aliphatic heterocycles. The number of anilines is 1. The molecular weight excluding hydrogens is 346 g/mol. The average Bonchev–Trinajstić information content (AvgIpc) is 2.25. The highest BCUT2D eigenvalue weighted by Gasteiger charge is 2.28. The normalized spacial score (nSPS) is 12.2. The number of hydrogen-bond donors (Lipinski definition) is 1. The van der Waals surface area contributed by atoms with E-state index in [1.54, 1.807) is 32.9 Å². The van der Waals surface area contributed by atoms with Crippen molar-refractivity contribution in [2.45, 2.75) is 25.5 Å². The molecule has 0 fully saturated rings. The summed E-state index contributed by atoms with van der Waals surface area (Å²) >= 11 is 3.22. The van der Waals surface area contributed by atoms with E-state index in [-0.39, 0.29) is 17.9 Å². The van der Waals surface area contributed by atoms with E-state index in [1.807, 2.05) is 0 Å². The first kappa shape index (κ1) is 17.0. The summed E-state index contributed by atoms with van der Waals surface area (Å²) in [6.07, 6.45) is 0. The Morgan fingerprint density at radius 2 is 1.90 bits per heavy atom. The number of benzene rings is 1. The number of carbonyl (C=O) groups is 1. The van der Waals surface area contributed by atoms with Gasteiger partial charge in [0.2, 0.25) is 0 Å². The number of carbonyl (C=O) groups excluding carboxylic acids is 1. The van der Waals surface area contributed by atoms with Crippen LogP contribution in [0.4, 0.5) is 5.69 Å². The number of nitrogen functional groups attached to an aromatic ring is 1. The predicted molar refractivity (Wildman–Crippen MR) is 82.4 cm³/mol. The molecule has 0 aliphatic rings. The van der Waals surface area contributed by atoms with E-state index in [4.69, 9.17) is 10.5 Å². The molecule has 5 nitrogen and oxygen atoms in total. The molecular formula is C13H18BrNO4S. The molecule has 0 saturated carbocycles. The lowest BCUT2D eigenvalue weighted by Gasteiger charge is -2.18. The van der Waals surface area contributed by atoms with E-state index in [2.05, 4.69) is 15.9 Å². The summed E-state index contributed by atoms with van der Waals surface area (Å²) in [7, 11) is -3.30. The lowest BCUT2D eigenvalue weighted by atomic mass is 10.2. The van der Waals surface area contributed by atoms with Gasteiger partial charge in [-0.05, 0) is 39.0 Å². The highest BCUT2D eigenvalue weighted by molar-refractivity contribution is 9.10. The van der Waals surface area contributed by atoms with Gasteiger partial charge in [0.1, 0.15) is 6.61 Å². The molecule has 7 heteroatoms. The summed E-state index contributed by atoms with van der Waals surface area (Å²) < 4.78 is 28.5. The topological polar surface area (TPSA) is 86.5 Å². The molecule has 0 unspecified atom stereocenters. The maximum absolute atomic E-state index is 11.9. The van der Waals surface area contributed by atoms with E-state index in [1.165, 1.54) is 6.07 Å². The van der Waals surface area contributed by atoms with Gasteiger partial charge in [0.15, 0.2) is 9.84 Å². The van der Waals surface area contributed by atoms with Gasteiger partial charge < -0.3 is 10.5 Å². The zero-order valence-corrected chi connectivity index (χ0v) is 14.0. The smallest absolute Gasteiger partial charge is 0.338 e. The second-order valence-electron chi connectivity index (χ2n) is 5.34. The summed E-state index contributed by atoms with van der Waals surface area (Å²) in [4.78, 5) is 11.8. The Kier molecular flexibility index (Phi) is 5.21. The minimum Gasteiger partial charge on any atom is -0.461 e. The van der Waals surface area contributed by atoms with Gasteiger partial charge in [-0.2, -0.15) is 0 Å². The third kappa shape index (κ3) is 4.49. The summed E-state index contributed by atoms with van der Waals surface area (Å²) in [6.45, 7) is 4.66. The number of halogens is 1. The average molecular weight is 364 g/mol. The van der Waals surface area contributed by atoms with E-state index >= 15 is 0 Å². The van der Waals surface area contributed by atoms with Crippen molar-refractivity contribution in [3.63, 3.8) is 0 Å². The van der Waals surface area contributed by atoms with Crippen LogP contribution in [0.3, 0.4) is 0 Å². The number of rotatable bonds is 4. The van der Waals surface area contributed by atoms with Crippen LogP contribution in [0.25, 0.3) is 0 Å². The van der Waals surface area contributed by atoms with Gasteiger partial charge in [-0.25, -0.2) is 13.2 Å². The van der Waals surface area contributed by atoms with Crippen molar-refractivity contribution in [1.82, 2.24) is 0 Å². The van der Waals surface area contributed by atoms with Crippen LogP contribution in [0.1, 0.15) is 31.1 Å². The van der Waals surface area contributed by atoms with Gasteiger partial charge in [0.25, 0.3) is 0 Å². The molecule has 1 aromatic rings. The number of ether oxygens (including phenoxy) is 1. The van der Waals surface area contributed by atoms with Gasteiger partial charge in [-0.3, -0.25) is 0 Å². The van der Waals surface area contributed by atoms with Crippen LogP contribution in [0.2, 0.25) is 0 Å². The van der Waals surface area contributed by atoms with Gasteiger partial charge >= 0.3 is 5.97 Å². The first-order valence-corrected chi connectivity index (χ1v) is 8.43. The number of sulfone groups is 1. The van der Waals surface area contributed by atoms with Crippen LogP contribution in [0, 0.1) is 0 Å². The first-order valence-electron chi connectivity index (χ1n) is 5.98. The van der Waals surface area contributed by atoms with Crippen molar-refractivity contribution < 1.29 is 17.9 Å². The molecule has 0 spiro atoms. The molecule has 0 bridgehead atoms. The molecule has 0 heterocycles. The van der Waals surface area contributed by atoms with Crippen LogP contribution in [-0.4, -0.2) is 31.5 Å². The Hall–Kier alpha value is -1.08. The van der Waals surface area contributed by atoms with E-state index in [0.717, 1.165) is 0 Å². The highest BCUT2D eigenvalue weighted by Crippen LogP contribution is 2.19. The van der Waals surface area contributed by atoms with E-state index in [9.17, 15) is 13.2 Å². The van der Waals surface area contributed by atoms with Crippen molar-refractivity contribution in [1.29, 1.82) is 0 Å². The molecule has 0 radical (unpaired) electrons. The van der Waals surface area contributed by atoms with Crippen molar-refractivity contribution in [3.05, 3.63) is 28.2 Å². The van der Waals surface area contributed by atoms with Crippen LogP contribution in [0.5, 0.6) is 0 Å². The number of esters is 1. The number of nitrogens with two attached hydrogens (primary N) is 1. The fourth-order valence-corrected chi connectivity index (χ4v) is 2.79. The molecule has 0 atom stereocenters. The Labute approximate surface area is 127 Å². The van der Waals surface area contributed by atoms with Crippen LogP contribution < -0.4 is 5.73 Å². The molecule has 0 aliphatic carbocycles. The monoisotopic (exact) mass is 363 g/mol. The molecule has 0 amide bonds. The molecule has 112 valence electrons. The summed E-state index contributed by atoms with van der Waals surface area (Å²) in [6, 6.07) is 4.70. The highest BCUT2D eigenvalue weighted by atomic mass is 79.9. The van der Waals surface area contributed by atoms with Crippen LogP contribution in [0.15, 0.2) is 22.7 Å². The fraction of sp³-hybridized carbons (Fsp3) is 0.462. The lowest BCUT2D eigenvalue weighted by Crippen LogP contribution is -2.32. The molecule has 1 rings (SSSR count). The largest absolute Gasteiger partial charge is 0.461 e. The van der Waals surface area contributed by atoms with Gasteiger partial charge in [-0.1, -0.05) is 15.9 Å².